The van der Waals surface area contributed by atoms with Gasteiger partial charge in [-0.25, -0.2) is 0 Å². The second-order valence-electron chi connectivity index (χ2n) is 10.5. The first-order valence-corrected chi connectivity index (χ1v) is 11.2. The van der Waals surface area contributed by atoms with E-state index in [2.05, 4.69) is 44.2 Å². The zero-order valence-electron chi connectivity index (χ0n) is 17.3. The lowest BCUT2D eigenvalue weighted by atomic mass is 9.46. The largest absolute Gasteiger partial charge is 0.300 e. The second kappa shape index (κ2) is 6.06. The molecule has 5 rings (SSSR count). The molecule has 0 spiro atoms. The van der Waals surface area contributed by atoms with E-state index < -0.39 is 0 Å². The molecule has 0 N–H and O–H groups in total. The summed E-state index contributed by atoms with van der Waals surface area (Å²) < 4.78 is 0. The van der Waals surface area contributed by atoms with Crippen molar-refractivity contribution in [2.75, 3.05) is 0 Å². The van der Waals surface area contributed by atoms with Crippen LogP contribution < -0.4 is 0 Å². The topological polar surface area (TPSA) is 17.1 Å². The molecule has 0 saturated heterocycles. The van der Waals surface area contributed by atoms with Crippen LogP contribution in [0.1, 0.15) is 72.1 Å². The average molecular weight is 363 g/mol. The number of fused-ring (bicyclic) bond motifs is 5. The van der Waals surface area contributed by atoms with E-state index in [-0.39, 0.29) is 5.41 Å². The third-order valence-electron chi connectivity index (χ3n) is 9.52. The van der Waals surface area contributed by atoms with Crippen LogP contribution in [-0.4, -0.2) is 5.78 Å². The minimum atomic E-state index is 0.284. The molecule has 1 heteroatoms. The van der Waals surface area contributed by atoms with Gasteiger partial charge in [-0.2, -0.15) is 0 Å². The molecule has 0 aliphatic heterocycles. The first kappa shape index (κ1) is 17.7. The fourth-order valence-corrected chi connectivity index (χ4v) is 8.07. The Balaban J connectivity index is 1.46. The molecule has 6 atom stereocenters. The van der Waals surface area contributed by atoms with Gasteiger partial charge >= 0.3 is 0 Å². The molecular weight excluding hydrogens is 328 g/mol. The molecular formula is C26H34O. The molecule has 0 radical (unpaired) electrons. The van der Waals surface area contributed by atoms with Crippen LogP contribution in [0, 0.1) is 34.5 Å². The zero-order chi connectivity index (χ0) is 18.8. The minimum absolute atomic E-state index is 0.284. The Morgan fingerprint density at radius 3 is 2.48 bits per heavy atom. The Morgan fingerprint density at radius 2 is 1.74 bits per heavy atom. The van der Waals surface area contributed by atoms with E-state index in [9.17, 15) is 4.79 Å². The van der Waals surface area contributed by atoms with Crippen LogP contribution in [-0.2, 0) is 4.79 Å². The molecule has 27 heavy (non-hydrogen) atoms. The molecule has 1 nitrogen and oxygen atoms in total. The van der Waals surface area contributed by atoms with E-state index in [1.165, 1.54) is 50.5 Å². The summed E-state index contributed by atoms with van der Waals surface area (Å²) in [5, 5.41) is 0. The van der Waals surface area contributed by atoms with Crippen molar-refractivity contribution in [1.82, 2.24) is 0 Å². The summed E-state index contributed by atoms with van der Waals surface area (Å²) in [7, 11) is 0. The highest BCUT2D eigenvalue weighted by atomic mass is 16.1. The van der Waals surface area contributed by atoms with Gasteiger partial charge in [0.15, 0.2) is 0 Å². The number of allylic oxidation sites excluding steroid dienone is 8. The monoisotopic (exact) mass is 362 g/mol. The highest BCUT2D eigenvalue weighted by molar-refractivity contribution is 5.79. The van der Waals surface area contributed by atoms with Crippen LogP contribution in [0.5, 0.6) is 0 Å². The summed E-state index contributed by atoms with van der Waals surface area (Å²) in [5.74, 6) is 3.24. The molecule has 5 aliphatic carbocycles. The number of Topliss-reactive ketones (excluding diaryl/α,β-unsaturated/α-hetero) is 1. The maximum Gasteiger partial charge on any atom is 0.133 e. The number of carbonyl (C=O) groups is 1. The molecule has 0 heterocycles. The Labute approximate surface area is 164 Å². The van der Waals surface area contributed by atoms with Crippen LogP contribution in [0.25, 0.3) is 0 Å². The summed E-state index contributed by atoms with van der Waals surface area (Å²) in [5.41, 5.74) is 5.41. The van der Waals surface area contributed by atoms with Crippen molar-refractivity contribution in [3.8, 4) is 0 Å². The number of hydrogen-bond acceptors (Lipinski definition) is 1. The number of carbonyl (C=O) groups excluding carboxylic acids is 1. The van der Waals surface area contributed by atoms with Crippen molar-refractivity contribution in [1.29, 1.82) is 0 Å². The van der Waals surface area contributed by atoms with Gasteiger partial charge in [-0.15, -0.1) is 0 Å². The van der Waals surface area contributed by atoms with Gasteiger partial charge in [-0.1, -0.05) is 49.8 Å². The van der Waals surface area contributed by atoms with Gasteiger partial charge in [-0.3, -0.25) is 4.79 Å². The molecule has 0 bridgehead atoms. The lowest BCUT2D eigenvalue weighted by Gasteiger charge is -2.58. The van der Waals surface area contributed by atoms with Crippen molar-refractivity contribution in [2.24, 2.45) is 34.5 Å². The van der Waals surface area contributed by atoms with Crippen LogP contribution in [0.15, 0.2) is 47.1 Å². The highest BCUT2D eigenvalue weighted by Crippen LogP contribution is 2.67. The summed E-state index contributed by atoms with van der Waals surface area (Å²) in [6.07, 6.45) is 21.7. The van der Waals surface area contributed by atoms with Gasteiger partial charge < -0.3 is 0 Å². The van der Waals surface area contributed by atoms with Crippen LogP contribution >= 0.6 is 0 Å². The first-order valence-electron chi connectivity index (χ1n) is 11.2. The Bertz CT molecular complexity index is 779. The quantitative estimate of drug-likeness (QED) is 0.515. The minimum Gasteiger partial charge on any atom is -0.300 e. The average Bonchev–Trinajstić information content (AvgIpc) is 3.28. The smallest absolute Gasteiger partial charge is 0.133 e. The third-order valence-corrected chi connectivity index (χ3v) is 9.52. The van der Waals surface area contributed by atoms with E-state index in [1.54, 1.807) is 11.1 Å². The van der Waals surface area contributed by atoms with Crippen molar-refractivity contribution < 1.29 is 4.79 Å². The number of rotatable bonds is 1. The van der Waals surface area contributed by atoms with Gasteiger partial charge in [-0.05, 0) is 98.0 Å². The zero-order valence-corrected chi connectivity index (χ0v) is 17.3. The highest BCUT2D eigenvalue weighted by Gasteiger charge is 2.59. The molecule has 144 valence electrons. The van der Waals surface area contributed by atoms with Gasteiger partial charge in [0, 0.05) is 5.92 Å². The normalized spacial score (nSPS) is 45.4. The lowest BCUT2D eigenvalue weighted by Crippen LogP contribution is -2.50. The number of hydrogen-bond donors (Lipinski definition) is 0. The summed E-state index contributed by atoms with van der Waals surface area (Å²) in [6, 6.07) is 0. The molecule has 3 saturated carbocycles. The molecule has 0 amide bonds. The van der Waals surface area contributed by atoms with E-state index >= 15 is 0 Å². The number of ketones is 1. The summed E-state index contributed by atoms with van der Waals surface area (Å²) >= 11 is 0. The fourth-order valence-electron chi connectivity index (χ4n) is 8.07. The maximum atomic E-state index is 12.3. The van der Waals surface area contributed by atoms with Gasteiger partial charge in [0.25, 0.3) is 0 Å². The van der Waals surface area contributed by atoms with Crippen LogP contribution in [0.4, 0.5) is 0 Å². The maximum absolute atomic E-state index is 12.3. The van der Waals surface area contributed by atoms with Crippen molar-refractivity contribution in [3.05, 3.63) is 47.1 Å². The van der Waals surface area contributed by atoms with Crippen molar-refractivity contribution >= 4 is 5.78 Å². The van der Waals surface area contributed by atoms with E-state index in [0.717, 1.165) is 24.2 Å². The summed E-state index contributed by atoms with van der Waals surface area (Å²) in [4.78, 5) is 12.3. The predicted molar refractivity (Wildman–Crippen MR) is 111 cm³/mol. The standard InChI is InChI=1S/C26H34O/c1-17(27)22-10-11-23-21-9-8-20-16-19(18-6-4-5-7-18)12-14-25(20,2)24(21)13-15-26(22,23)3/h4-7,16,21-24H,8-15H2,1-3H3/t21-,22+,23-,24-,25-,26+/m0/s1. The second-order valence-corrected chi connectivity index (χ2v) is 10.5. The van der Waals surface area contributed by atoms with E-state index in [1.807, 2.05) is 6.92 Å². The molecule has 5 aliphatic rings. The van der Waals surface area contributed by atoms with Crippen LogP contribution in [0.3, 0.4) is 0 Å². The predicted octanol–water partition coefficient (Wildman–Crippen LogP) is 6.58. The van der Waals surface area contributed by atoms with E-state index in [4.69, 9.17) is 0 Å². The molecule has 3 fully saturated rings. The Kier molecular flexibility index (Phi) is 3.98. The molecule has 0 unspecified atom stereocenters. The Hall–Kier alpha value is -1.37. The van der Waals surface area contributed by atoms with Crippen molar-refractivity contribution in [3.63, 3.8) is 0 Å². The summed E-state index contributed by atoms with van der Waals surface area (Å²) in [6.45, 7) is 6.88. The molecule has 0 aromatic carbocycles. The SMILES string of the molecule is CC(=O)[C@H]1CC[C@H]2[C@@H]3CCC4=CC(=C5C=CC=C5)CC[C@]4(C)[C@H]3CC[C@]12C. The van der Waals surface area contributed by atoms with Crippen LogP contribution in [0.2, 0.25) is 0 Å². The molecule has 0 aromatic rings. The lowest BCUT2D eigenvalue weighted by molar-refractivity contribution is -0.127. The molecule has 0 aromatic heterocycles. The van der Waals surface area contributed by atoms with E-state index in [0.29, 0.717) is 17.1 Å². The first-order chi connectivity index (χ1) is 12.9. The Morgan fingerprint density at radius 1 is 0.963 bits per heavy atom. The fraction of sp³-hybridized carbons (Fsp3) is 0.654. The van der Waals surface area contributed by atoms with Gasteiger partial charge in [0.2, 0.25) is 0 Å². The van der Waals surface area contributed by atoms with Gasteiger partial charge in [0.1, 0.15) is 5.78 Å². The third kappa shape index (κ3) is 2.46. The van der Waals surface area contributed by atoms with Gasteiger partial charge in [0.05, 0.1) is 0 Å². The van der Waals surface area contributed by atoms with Crippen molar-refractivity contribution in [2.45, 2.75) is 72.1 Å².